The molecule has 0 radical (unpaired) electrons. The number of anilines is 3. The van der Waals surface area contributed by atoms with E-state index in [4.69, 9.17) is 4.98 Å². The molecule has 8 nitrogen and oxygen atoms in total. The molecule has 0 aliphatic carbocycles. The van der Waals surface area contributed by atoms with Crippen LogP contribution in [-0.2, 0) is 6.54 Å². The highest BCUT2D eigenvalue weighted by atomic mass is 15.1. The number of aromatic nitrogens is 6. The summed E-state index contributed by atoms with van der Waals surface area (Å²) >= 11 is 0. The third-order valence-corrected chi connectivity index (χ3v) is 4.48. The molecule has 0 atom stereocenters. The molecule has 0 amide bonds. The molecule has 5 heterocycles. The lowest BCUT2D eigenvalue weighted by Crippen LogP contribution is -2.06. The average Bonchev–Trinajstić information content (AvgIpc) is 2.88. The van der Waals surface area contributed by atoms with Crippen molar-refractivity contribution in [1.29, 1.82) is 0 Å². The minimum atomic E-state index is 0.491. The molecule has 0 spiro atoms. The Kier molecular flexibility index (Phi) is 3.86. The van der Waals surface area contributed by atoms with E-state index in [1.165, 1.54) is 0 Å². The van der Waals surface area contributed by atoms with Gasteiger partial charge in [0.05, 0.1) is 41.7 Å². The van der Waals surface area contributed by atoms with Crippen molar-refractivity contribution in [3.05, 3.63) is 66.8 Å². The number of pyridine rings is 2. The molecule has 0 saturated heterocycles. The van der Waals surface area contributed by atoms with Gasteiger partial charge in [-0.3, -0.25) is 15.0 Å². The summed E-state index contributed by atoms with van der Waals surface area (Å²) < 4.78 is 0. The van der Waals surface area contributed by atoms with Crippen LogP contribution < -0.4 is 10.6 Å². The van der Waals surface area contributed by atoms with Crippen LogP contribution in [0.3, 0.4) is 0 Å². The normalized spacial score (nSPS) is 11.5. The first-order valence-electron chi connectivity index (χ1n) is 8.83. The molecule has 0 unspecified atom stereocenters. The molecular formula is C20H16N8. The summed E-state index contributed by atoms with van der Waals surface area (Å²) in [6, 6.07) is 5.84. The Morgan fingerprint density at radius 1 is 0.893 bits per heavy atom. The standard InChI is InChI=1S/C20H16N8/c1-12-7-24-13(8-23-12)9-25-20-26-10-16-14-4-6-21-11-17(14)27-19-15(18(16)28-20)3-2-5-22-19/h2-8,10-11H,9H2,1H3,(H,22,27)(H,25,26,28). The Morgan fingerprint density at radius 3 is 2.75 bits per heavy atom. The molecular weight excluding hydrogens is 352 g/mol. The fourth-order valence-electron chi connectivity index (χ4n) is 3.10. The summed E-state index contributed by atoms with van der Waals surface area (Å²) in [5, 5.41) is 6.58. The van der Waals surface area contributed by atoms with Gasteiger partial charge < -0.3 is 10.6 Å². The number of aryl methyl sites for hydroxylation is 1. The topological polar surface area (TPSA) is 101 Å². The van der Waals surface area contributed by atoms with E-state index in [1.54, 1.807) is 31.0 Å². The van der Waals surface area contributed by atoms with E-state index in [1.807, 2.05) is 31.3 Å². The van der Waals surface area contributed by atoms with Gasteiger partial charge in [-0.2, -0.15) is 0 Å². The average molecular weight is 368 g/mol. The number of nitrogens with one attached hydrogen (secondary N) is 2. The summed E-state index contributed by atoms with van der Waals surface area (Å²) in [4.78, 5) is 26.6. The predicted octanol–water partition coefficient (Wildman–Crippen LogP) is 3.37. The molecule has 1 aliphatic heterocycles. The second-order valence-electron chi connectivity index (χ2n) is 6.40. The lowest BCUT2D eigenvalue weighted by atomic mass is 10.0. The summed E-state index contributed by atoms with van der Waals surface area (Å²) in [5.41, 5.74) is 6.22. The number of nitrogens with zero attached hydrogens (tertiary/aromatic N) is 6. The van der Waals surface area contributed by atoms with Gasteiger partial charge in [0, 0.05) is 41.5 Å². The third kappa shape index (κ3) is 2.90. The lowest BCUT2D eigenvalue weighted by molar-refractivity contribution is 0.963. The zero-order chi connectivity index (χ0) is 18.9. The second-order valence-corrected chi connectivity index (χ2v) is 6.40. The van der Waals surface area contributed by atoms with Crippen LogP contribution in [0.15, 0.2) is 55.4 Å². The van der Waals surface area contributed by atoms with E-state index in [0.29, 0.717) is 12.5 Å². The van der Waals surface area contributed by atoms with E-state index >= 15 is 0 Å². The summed E-state index contributed by atoms with van der Waals surface area (Å²) in [5.74, 6) is 1.26. The summed E-state index contributed by atoms with van der Waals surface area (Å²) in [6.45, 7) is 2.40. The van der Waals surface area contributed by atoms with Gasteiger partial charge in [-0.25, -0.2) is 15.0 Å². The smallest absolute Gasteiger partial charge is 0.223 e. The molecule has 4 aromatic rings. The predicted molar refractivity (Wildman–Crippen MR) is 106 cm³/mol. The minimum absolute atomic E-state index is 0.491. The van der Waals surface area contributed by atoms with Crippen LogP contribution >= 0.6 is 0 Å². The van der Waals surface area contributed by atoms with E-state index in [2.05, 4.69) is 35.6 Å². The Bertz CT molecular complexity index is 1160. The van der Waals surface area contributed by atoms with E-state index in [-0.39, 0.29) is 0 Å². The fraction of sp³-hybridized carbons (Fsp3) is 0.100. The Labute approximate surface area is 161 Å². The molecule has 1 aliphatic rings. The summed E-state index contributed by atoms with van der Waals surface area (Å²) in [6.07, 6.45) is 10.6. The Morgan fingerprint density at radius 2 is 1.86 bits per heavy atom. The lowest BCUT2D eigenvalue weighted by Gasteiger charge is -2.10. The zero-order valence-corrected chi connectivity index (χ0v) is 15.1. The minimum Gasteiger partial charge on any atom is -0.348 e. The van der Waals surface area contributed by atoms with Gasteiger partial charge in [0.25, 0.3) is 0 Å². The van der Waals surface area contributed by atoms with Gasteiger partial charge in [-0.05, 0) is 25.1 Å². The zero-order valence-electron chi connectivity index (χ0n) is 15.1. The fourth-order valence-corrected chi connectivity index (χ4v) is 3.10. The molecule has 0 aromatic carbocycles. The quantitative estimate of drug-likeness (QED) is 0.500. The number of hydrogen-bond donors (Lipinski definition) is 2. The van der Waals surface area contributed by atoms with Gasteiger partial charge >= 0.3 is 0 Å². The first kappa shape index (κ1) is 16.2. The van der Waals surface area contributed by atoms with Crippen LogP contribution in [-0.4, -0.2) is 29.9 Å². The highest BCUT2D eigenvalue weighted by Crippen LogP contribution is 2.41. The Balaban J connectivity index is 1.56. The van der Waals surface area contributed by atoms with Gasteiger partial charge in [0.2, 0.25) is 5.95 Å². The van der Waals surface area contributed by atoms with Gasteiger partial charge in [0.1, 0.15) is 5.82 Å². The van der Waals surface area contributed by atoms with Crippen molar-refractivity contribution >= 4 is 17.5 Å². The molecule has 0 fully saturated rings. The van der Waals surface area contributed by atoms with Crippen LogP contribution in [0.2, 0.25) is 0 Å². The molecule has 0 saturated carbocycles. The van der Waals surface area contributed by atoms with Crippen LogP contribution in [0.1, 0.15) is 11.4 Å². The van der Waals surface area contributed by atoms with Gasteiger partial charge in [-0.1, -0.05) is 0 Å². The van der Waals surface area contributed by atoms with Gasteiger partial charge in [-0.15, -0.1) is 0 Å². The molecule has 28 heavy (non-hydrogen) atoms. The van der Waals surface area contributed by atoms with Crippen LogP contribution in [0.25, 0.3) is 22.4 Å². The van der Waals surface area contributed by atoms with Crippen LogP contribution in [0, 0.1) is 6.92 Å². The molecule has 4 aromatic heterocycles. The van der Waals surface area contributed by atoms with E-state index in [9.17, 15) is 0 Å². The molecule has 5 rings (SSSR count). The maximum absolute atomic E-state index is 4.78. The number of fused-ring (bicyclic) bond motifs is 5. The van der Waals surface area contributed by atoms with Crippen molar-refractivity contribution in [2.75, 3.05) is 10.6 Å². The largest absolute Gasteiger partial charge is 0.348 e. The summed E-state index contributed by atoms with van der Waals surface area (Å²) in [7, 11) is 0. The van der Waals surface area contributed by atoms with Crippen molar-refractivity contribution < 1.29 is 0 Å². The van der Waals surface area contributed by atoms with Crippen molar-refractivity contribution in [2.45, 2.75) is 13.5 Å². The van der Waals surface area contributed by atoms with Crippen molar-refractivity contribution in [2.24, 2.45) is 0 Å². The maximum atomic E-state index is 4.78. The third-order valence-electron chi connectivity index (χ3n) is 4.48. The molecule has 136 valence electrons. The first-order chi connectivity index (χ1) is 13.8. The second kappa shape index (κ2) is 6.66. The van der Waals surface area contributed by atoms with E-state index < -0.39 is 0 Å². The number of hydrogen-bond acceptors (Lipinski definition) is 8. The highest BCUT2D eigenvalue weighted by Gasteiger charge is 2.21. The van der Waals surface area contributed by atoms with Crippen molar-refractivity contribution in [3.8, 4) is 22.4 Å². The molecule has 0 bridgehead atoms. The molecule has 8 heteroatoms. The first-order valence-corrected chi connectivity index (χ1v) is 8.83. The maximum Gasteiger partial charge on any atom is 0.223 e. The SMILES string of the molecule is Cc1cnc(CNc2ncc3c(n2)-c2cccnc2Nc2cnccc2-3)cn1. The van der Waals surface area contributed by atoms with Crippen LogP contribution in [0.5, 0.6) is 0 Å². The monoisotopic (exact) mass is 368 g/mol. The highest BCUT2D eigenvalue weighted by molar-refractivity contribution is 5.95. The van der Waals surface area contributed by atoms with E-state index in [0.717, 1.165) is 45.3 Å². The Hall–Kier alpha value is -3.94. The number of rotatable bonds is 3. The van der Waals surface area contributed by atoms with Gasteiger partial charge in [0.15, 0.2) is 0 Å². The van der Waals surface area contributed by atoms with Crippen molar-refractivity contribution in [3.63, 3.8) is 0 Å². The molecule has 2 N–H and O–H groups in total. The van der Waals surface area contributed by atoms with Crippen molar-refractivity contribution in [1.82, 2.24) is 29.9 Å². The van der Waals surface area contributed by atoms with Crippen LogP contribution in [0.4, 0.5) is 17.5 Å².